The number of H-pyrrole nitrogens is 1. The van der Waals surface area contributed by atoms with Crippen LogP contribution in [0.1, 0.15) is 28.8 Å². The first-order valence-electron chi connectivity index (χ1n) is 11.4. The lowest BCUT2D eigenvalue weighted by atomic mass is 9.83. The Hall–Kier alpha value is -3.58. The number of imide groups is 1. The molecule has 5 rings (SSSR count). The van der Waals surface area contributed by atoms with Gasteiger partial charge in [-0.25, -0.2) is 9.69 Å². The summed E-state index contributed by atoms with van der Waals surface area (Å²) in [5, 5.41) is -0.500. The maximum absolute atomic E-state index is 13.7. The van der Waals surface area contributed by atoms with Crippen LogP contribution < -0.4 is 14.5 Å². The maximum Gasteiger partial charge on any atom is 0.416 e. The molecule has 1 N–H and O–H groups in total. The first kappa shape index (κ1) is 26.0. The number of esters is 1. The Morgan fingerprint density at radius 1 is 1.08 bits per heavy atom. The van der Waals surface area contributed by atoms with Gasteiger partial charge in [0, 0.05) is 10.8 Å². The van der Waals surface area contributed by atoms with Gasteiger partial charge in [-0.1, -0.05) is 41.3 Å². The van der Waals surface area contributed by atoms with E-state index in [9.17, 15) is 32.3 Å². The van der Waals surface area contributed by atoms with Crippen LogP contribution in [0.5, 0.6) is 5.75 Å². The second-order valence-corrected chi connectivity index (χ2v) is 10.6. The maximum atomic E-state index is 13.7. The van der Waals surface area contributed by atoms with Gasteiger partial charge in [0.1, 0.15) is 11.0 Å². The molecule has 0 bridgehead atoms. The summed E-state index contributed by atoms with van der Waals surface area (Å²) < 4.78 is 50.2. The highest BCUT2D eigenvalue weighted by Gasteiger charge is 2.56. The molecular formula is C25H19F3N2O6S2. The van der Waals surface area contributed by atoms with E-state index in [1.54, 1.807) is 31.2 Å². The standard InChI is InChI=1S/C25H19F3N2O6S2/c1-2-35-16(31)11-36-15-8-6-12(7-9-15)17-18-20(37-21-19(17)38-24(34)29-21)23(33)30(22(18)32)14-5-3-4-13(10-14)25(26,27)28/h3-10,17-18,20H,2,11H2,1H3,(H,29,34)/t17-,18?,20?/m1/s1. The number of rotatable bonds is 6. The molecule has 0 spiro atoms. The fourth-order valence-corrected chi connectivity index (χ4v) is 7.08. The number of halogens is 3. The number of carbonyl (C=O) groups excluding carboxylic acids is 3. The molecule has 2 aliphatic heterocycles. The molecule has 1 aromatic heterocycles. The summed E-state index contributed by atoms with van der Waals surface area (Å²) in [6.45, 7) is 1.60. The molecule has 1 fully saturated rings. The second-order valence-electron chi connectivity index (χ2n) is 8.47. The van der Waals surface area contributed by atoms with E-state index in [1.807, 2.05) is 0 Å². The third kappa shape index (κ3) is 4.71. The molecule has 3 heterocycles. The normalized spacial score (nSPS) is 20.7. The van der Waals surface area contributed by atoms with Crippen LogP contribution in [0.15, 0.2) is 58.4 Å². The van der Waals surface area contributed by atoms with E-state index in [0.29, 0.717) is 21.2 Å². The average Bonchev–Trinajstić information content (AvgIpc) is 3.37. The first-order chi connectivity index (χ1) is 18.1. The quantitative estimate of drug-likeness (QED) is 0.354. The predicted molar refractivity (Wildman–Crippen MR) is 132 cm³/mol. The van der Waals surface area contributed by atoms with Crippen molar-refractivity contribution < 1.29 is 37.0 Å². The summed E-state index contributed by atoms with van der Waals surface area (Å²) in [6, 6.07) is 10.6. The number of carbonyl (C=O) groups is 3. The van der Waals surface area contributed by atoms with E-state index >= 15 is 0 Å². The molecule has 1 saturated heterocycles. The monoisotopic (exact) mass is 564 g/mol. The molecule has 2 unspecified atom stereocenters. The third-order valence-electron chi connectivity index (χ3n) is 6.16. The van der Waals surface area contributed by atoms with Crippen LogP contribution in [0.4, 0.5) is 18.9 Å². The van der Waals surface area contributed by atoms with Crippen molar-refractivity contribution in [3.63, 3.8) is 0 Å². The fraction of sp³-hybridized carbons (Fsp3) is 0.280. The number of anilines is 1. The fourth-order valence-electron chi connectivity index (χ4n) is 4.57. The molecule has 38 heavy (non-hydrogen) atoms. The lowest BCUT2D eigenvalue weighted by Gasteiger charge is -2.29. The average molecular weight is 565 g/mol. The predicted octanol–water partition coefficient (Wildman–Crippen LogP) is 4.19. The number of hydrogen-bond acceptors (Lipinski definition) is 8. The van der Waals surface area contributed by atoms with Crippen LogP contribution >= 0.6 is 23.1 Å². The van der Waals surface area contributed by atoms with Gasteiger partial charge in [0.05, 0.1) is 28.8 Å². The summed E-state index contributed by atoms with van der Waals surface area (Å²) in [5.74, 6) is -3.12. The number of alkyl halides is 3. The van der Waals surface area contributed by atoms with Gasteiger partial charge in [0.2, 0.25) is 11.8 Å². The van der Waals surface area contributed by atoms with Crippen LogP contribution in [-0.4, -0.2) is 41.2 Å². The van der Waals surface area contributed by atoms with E-state index in [-0.39, 0.29) is 23.8 Å². The van der Waals surface area contributed by atoms with Crippen LogP contribution in [-0.2, 0) is 25.3 Å². The number of thiazole rings is 1. The number of thioether (sulfide) groups is 1. The van der Waals surface area contributed by atoms with Gasteiger partial charge < -0.3 is 14.5 Å². The van der Waals surface area contributed by atoms with E-state index in [1.165, 1.54) is 6.07 Å². The smallest absolute Gasteiger partial charge is 0.416 e. The number of hydrogen-bond donors (Lipinski definition) is 1. The van der Waals surface area contributed by atoms with Gasteiger partial charge in [-0.3, -0.25) is 14.4 Å². The largest absolute Gasteiger partial charge is 0.482 e. The van der Waals surface area contributed by atoms with E-state index in [4.69, 9.17) is 9.47 Å². The number of nitrogens with one attached hydrogen (secondary N) is 1. The zero-order valence-electron chi connectivity index (χ0n) is 19.6. The van der Waals surface area contributed by atoms with Gasteiger partial charge in [-0.05, 0) is 42.8 Å². The SMILES string of the molecule is CCOC(=O)COc1ccc([C@H]2c3sc(=O)[nH]c3SC3C(=O)N(c4cccc(C(F)(F)F)c4)C(=O)C32)cc1. The highest BCUT2D eigenvalue weighted by molar-refractivity contribution is 8.00. The zero-order chi connectivity index (χ0) is 27.2. The third-order valence-corrected chi connectivity index (χ3v) is 8.56. The molecule has 0 radical (unpaired) electrons. The van der Waals surface area contributed by atoms with Gasteiger partial charge in [-0.15, -0.1) is 0 Å². The van der Waals surface area contributed by atoms with Crippen LogP contribution in [0.3, 0.4) is 0 Å². The number of amides is 2. The van der Waals surface area contributed by atoms with Crippen molar-refractivity contribution in [3.05, 3.63) is 74.2 Å². The van der Waals surface area contributed by atoms with E-state index in [2.05, 4.69) is 4.98 Å². The summed E-state index contributed by atoms with van der Waals surface area (Å²) >= 11 is 1.95. The molecule has 0 saturated carbocycles. The number of ether oxygens (including phenoxy) is 2. The van der Waals surface area contributed by atoms with Crippen LogP contribution in [0, 0.1) is 5.92 Å². The van der Waals surface area contributed by atoms with Crippen LogP contribution in [0.25, 0.3) is 0 Å². The molecule has 13 heteroatoms. The summed E-state index contributed by atoms with van der Waals surface area (Å²) in [4.78, 5) is 54.6. The van der Waals surface area contributed by atoms with Gasteiger partial charge in [0.25, 0.3) is 0 Å². The molecule has 8 nitrogen and oxygen atoms in total. The van der Waals surface area contributed by atoms with Crippen molar-refractivity contribution in [1.29, 1.82) is 0 Å². The van der Waals surface area contributed by atoms with Crippen molar-refractivity contribution in [2.75, 3.05) is 18.1 Å². The Morgan fingerprint density at radius 2 is 1.82 bits per heavy atom. The highest BCUT2D eigenvalue weighted by Crippen LogP contribution is 2.53. The molecule has 2 aromatic carbocycles. The molecule has 0 aliphatic carbocycles. The van der Waals surface area contributed by atoms with Gasteiger partial charge in [-0.2, -0.15) is 13.2 Å². The van der Waals surface area contributed by atoms with Crippen LogP contribution in [0.2, 0.25) is 0 Å². The number of fused-ring (bicyclic) bond motifs is 2. The zero-order valence-corrected chi connectivity index (χ0v) is 21.2. The topological polar surface area (TPSA) is 106 Å². The van der Waals surface area contributed by atoms with Gasteiger partial charge in [0.15, 0.2) is 6.61 Å². The number of benzene rings is 2. The Balaban J connectivity index is 1.50. The molecule has 3 atom stereocenters. The lowest BCUT2D eigenvalue weighted by Crippen LogP contribution is -2.32. The minimum absolute atomic E-state index is 0.164. The van der Waals surface area contributed by atoms with Crippen molar-refractivity contribution in [3.8, 4) is 5.75 Å². The summed E-state index contributed by atoms with van der Waals surface area (Å²) in [5.41, 5.74) is -0.535. The molecule has 2 amide bonds. The highest BCUT2D eigenvalue weighted by atomic mass is 32.2. The van der Waals surface area contributed by atoms with E-state index < -0.39 is 46.6 Å². The molecule has 2 aliphatic rings. The van der Waals surface area contributed by atoms with Gasteiger partial charge >= 0.3 is 17.0 Å². The molecule has 3 aromatic rings. The Bertz CT molecular complexity index is 1470. The van der Waals surface area contributed by atoms with E-state index in [0.717, 1.165) is 46.2 Å². The summed E-state index contributed by atoms with van der Waals surface area (Å²) in [7, 11) is 0. The van der Waals surface area contributed by atoms with Crippen molar-refractivity contribution in [2.45, 2.75) is 29.3 Å². The molecular weight excluding hydrogens is 545 g/mol. The number of aromatic amines is 1. The summed E-state index contributed by atoms with van der Waals surface area (Å²) in [6.07, 6.45) is -4.65. The number of aromatic nitrogens is 1. The van der Waals surface area contributed by atoms with Crippen molar-refractivity contribution in [2.24, 2.45) is 5.92 Å². The van der Waals surface area contributed by atoms with Crippen molar-refractivity contribution >= 4 is 46.6 Å². The second kappa shape index (κ2) is 9.95. The number of nitrogens with zero attached hydrogens (tertiary/aromatic N) is 1. The Labute approximate surface area is 221 Å². The molecule has 198 valence electrons. The first-order valence-corrected chi connectivity index (χ1v) is 13.1. The minimum Gasteiger partial charge on any atom is -0.482 e. The van der Waals surface area contributed by atoms with Crippen molar-refractivity contribution in [1.82, 2.24) is 4.98 Å². The minimum atomic E-state index is -4.65. The Kier molecular flexibility index (Phi) is 6.82. The Morgan fingerprint density at radius 3 is 2.50 bits per heavy atom. The lowest BCUT2D eigenvalue weighted by molar-refractivity contribution is -0.145.